The van der Waals surface area contributed by atoms with E-state index in [1.807, 2.05) is 13.1 Å². The van der Waals surface area contributed by atoms with Crippen LogP contribution in [-0.4, -0.2) is 10.1 Å². The van der Waals surface area contributed by atoms with Gasteiger partial charge >= 0.3 is 0 Å². The summed E-state index contributed by atoms with van der Waals surface area (Å²) >= 11 is 0. The minimum atomic E-state index is 0.598. The van der Waals surface area contributed by atoms with Crippen LogP contribution in [0.2, 0.25) is 0 Å². The van der Waals surface area contributed by atoms with Crippen molar-refractivity contribution in [2.75, 3.05) is 0 Å². The summed E-state index contributed by atoms with van der Waals surface area (Å²) in [7, 11) is 0. The predicted octanol–water partition coefficient (Wildman–Crippen LogP) is 3.37. The molecule has 3 nitrogen and oxygen atoms in total. The number of nitrogens with zero attached hydrogens (tertiary/aromatic N) is 2. The number of hydrogen-bond donors (Lipinski definition) is 0. The molecule has 0 N–H and O–H groups in total. The van der Waals surface area contributed by atoms with Gasteiger partial charge in [0.25, 0.3) is 0 Å². The average Bonchev–Trinajstić information content (AvgIpc) is 3.06. The SMILES string of the molecule is Cc1oncc1CN1C2CCC1c1ccccc12. The van der Waals surface area contributed by atoms with Crippen LogP contribution in [0.3, 0.4) is 0 Å². The van der Waals surface area contributed by atoms with Crippen molar-refractivity contribution >= 4 is 0 Å². The van der Waals surface area contributed by atoms with Crippen molar-refractivity contribution in [1.82, 2.24) is 10.1 Å². The van der Waals surface area contributed by atoms with E-state index in [0.29, 0.717) is 12.1 Å². The van der Waals surface area contributed by atoms with Crippen LogP contribution < -0.4 is 0 Å². The van der Waals surface area contributed by atoms with Crippen LogP contribution in [0, 0.1) is 6.92 Å². The van der Waals surface area contributed by atoms with E-state index in [4.69, 9.17) is 4.52 Å². The topological polar surface area (TPSA) is 29.3 Å². The fourth-order valence-electron chi connectivity index (χ4n) is 3.54. The lowest BCUT2D eigenvalue weighted by Crippen LogP contribution is -2.19. The normalized spacial score (nSPS) is 25.6. The highest BCUT2D eigenvalue weighted by molar-refractivity contribution is 5.40. The van der Waals surface area contributed by atoms with Crippen LogP contribution in [-0.2, 0) is 6.54 Å². The van der Waals surface area contributed by atoms with Gasteiger partial charge in [0.2, 0.25) is 0 Å². The maximum absolute atomic E-state index is 5.17. The van der Waals surface area contributed by atoms with E-state index in [2.05, 4.69) is 34.3 Å². The van der Waals surface area contributed by atoms with Crippen molar-refractivity contribution in [2.24, 2.45) is 0 Å². The number of fused-ring (bicyclic) bond motifs is 5. The molecule has 4 rings (SSSR count). The predicted molar refractivity (Wildman–Crippen MR) is 67.9 cm³/mol. The molecule has 0 saturated carbocycles. The molecule has 2 unspecified atom stereocenters. The zero-order valence-electron chi connectivity index (χ0n) is 10.5. The van der Waals surface area contributed by atoms with Gasteiger partial charge in [-0.05, 0) is 30.9 Å². The van der Waals surface area contributed by atoms with Gasteiger partial charge in [-0.15, -0.1) is 0 Å². The van der Waals surface area contributed by atoms with Crippen LogP contribution in [0.4, 0.5) is 0 Å². The second-order valence-corrected chi connectivity index (χ2v) is 5.32. The van der Waals surface area contributed by atoms with Gasteiger partial charge in [-0.2, -0.15) is 0 Å². The van der Waals surface area contributed by atoms with Gasteiger partial charge < -0.3 is 4.52 Å². The standard InChI is InChI=1S/C15H16N2O/c1-10-11(8-16-18-10)9-17-14-6-7-15(17)13-5-3-2-4-12(13)14/h2-5,8,14-15H,6-7,9H2,1H3. The molecule has 2 aliphatic rings. The lowest BCUT2D eigenvalue weighted by atomic mass is 9.92. The average molecular weight is 240 g/mol. The first-order valence-corrected chi connectivity index (χ1v) is 6.59. The number of aryl methyl sites for hydroxylation is 1. The quantitative estimate of drug-likeness (QED) is 0.806. The highest BCUT2D eigenvalue weighted by Gasteiger charge is 2.43. The molecule has 2 atom stereocenters. The largest absolute Gasteiger partial charge is 0.361 e. The molecular formula is C15H16N2O. The zero-order chi connectivity index (χ0) is 12.1. The monoisotopic (exact) mass is 240 g/mol. The van der Waals surface area contributed by atoms with E-state index in [9.17, 15) is 0 Å². The number of aromatic nitrogens is 1. The van der Waals surface area contributed by atoms with E-state index < -0.39 is 0 Å². The molecule has 1 aromatic heterocycles. The van der Waals surface area contributed by atoms with Gasteiger partial charge in [-0.25, -0.2) is 0 Å². The maximum Gasteiger partial charge on any atom is 0.138 e. The van der Waals surface area contributed by atoms with Crippen molar-refractivity contribution in [2.45, 2.75) is 38.4 Å². The Bertz CT molecular complexity index is 559. The molecule has 2 aliphatic heterocycles. The molecule has 0 radical (unpaired) electrons. The van der Waals surface area contributed by atoms with E-state index in [1.54, 1.807) is 0 Å². The van der Waals surface area contributed by atoms with Crippen LogP contribution >= 0.6 is 0 Å². The summed E-state index contributed by atoms with van der Waals surface area (Å²) in [5.41, 5.74) is 4.28. The number of benzene rings is 1. The van der Waals surface area contributed by atoms with Crippen molar-refractivity contribution in [3.05, 3.63) is 52.9 Å². The summed E-state index contributed by atoms with van der Waals surface area (Å²) in [6.07, 6.45) is 4.43. The maximum atomic E-state index is 5.17. The second-order valence-electron chi connectivity index (χ2n) is 5.32. The van der Waals surface area contributed by atoms with Crippen LogP contribution in [0.15, 0.2) is 35.0 Å². The molecular weight excluding hydrogens is 224 g/mol. The first-order valence-electron chi connectivity index (χ1n) is 6.59. The number of rotatable bonds is 2. The van der Waals surface area contributed by atoms with E-state index in [1.165, 1.54) is 29.5 Å². The Labute approximate surface area is 106 Å². The minimum Gasteiger partial charge on any atom is -0.361 e. The summed E-state index contributed by atoms with van der Waals surface area (Å²) in [6.45, 7) is 2.95. The molecule has 1 saturated heterocycles. The van der Waals surface area contributed by atoms with Gasteiger partial charge in [-0.3, -0.25) is 4.90 Å². The Morgan fingerprint density at radius 1 is 1.22 bits per heavy atom. The Morgan fingerprint density at radius 2 is 1.89 bits per heavy atom. The van der Waals surface area contributed by atoms with E-state index >= 15 is 0 Å². The fraction of sp³-hybridized carbons (Fsp3) is 0.400. The summed E-state index contributed by atoms with van der Waals surface area (Å²) in [6, 6.07) is 10.1. The van der Waals surface area contributed by atoms with Gasteiger partial charge in [-0.1, -0.05) is 29.4 Å². The summed E-state index contributed by atoms with van der Waals surface area (Å²) in [5, 5.41) is 3.88. The van der Waals surface area contributed by atoms with Crippen LogP contribution in [0.1, 0.15) is 47.4 Å². The fourth-order valence-corrected chi connectivity index (χ4v) is 3.54. The smallest absolute Gasteiger partial charge is 0.138 e. The Kier molecular flexibility index (Phi) is 2.12. The summed E-state index contributed by atoms with van der Waals surface area (Å²) in [5.74, 6) is 0.949. The first kappa shape index (κ1) is 10.3. The molecule has 1 aromatic carbocycles. The van der Waals surface area contributed by atoms with Gasteiger partial charge in [0.05, 0.1) is 6.20 Å². The zero-order valence-corrected chi connectivity index (χ0v) is 10.5. The lowest BCUT2D eigenvalue weighted by molar-refractivity contribution is 0.212. The lowest BCUT2D eigenvalue weighted by Gasteiger charge is -2.21. The molecule has 3 heteroatoms. The Balaban J connectivity index is 1.68. The van der Waals surface area contributed by atoms with Crippen molar-refractivity contribution in [3.63, 3.8) is 0 Å². The summed E-state index contributed by atoms with van der Waals surface area (Å²) in [4.78, 5) is 2.60. The third-order valence-corrected chi connectivity index (χ3v) is 4.43. The van der Waals surface area contributed by atoms with Crippen LogP contribution in [0.25, 0.3) is 0 Å². The second kappa shape index (κ2) is 3.69. The Morgan fingerprint density at radius 3 is 2.44 bits per heavy atom. The molecule has 92 valence electrons. The van der Waals surface area contributed by atoms with Gasteiger partial charge in [0, 0.05) is 24.2 Å². The number of hydrogen-bond acceptors (Lipinski definition) is 3. The molecule has 2 aromatic rings. The highest BCUT2D eigenvalue weighted by atomic mass is 16.5. The molecule has 18 heavy (non-hydrogen) atoms. The molecule has 3 heterocycles. The first-order chi connectivity index (χ1) is 8.84. The van der Waals surface area contributed by atoms with Crippen molar-refractivity contribution in [3.8, 4) is 0 Å². The van der Waals surface area contributed by atoms with Crippen molar-refractivity contribution in [1.29, 1.82) is 0 Å². The molecule has 0 aliphatic carbocycles. The highest BCUT2D eigenvalue weighted by Crippen LogP contribution is 2.53. The van der Waals surface area contributed by atoms with Gasteiger partial charge in [0.1, 0.15) is 5.76 Å². The minimum absolute atomic E-state index is 0.598. The Hall–Kier alpha value is -1.61. The molecule has 0 amide bonds. The third kappa shape index (κ3) is 1.31. The molecule has 0 spiro atoms. The van der Waals surface area contributed by atoms with Gasteiger partial charge in [0.15, 0.2) is 0 Å². The van der Waals surface area contributed by atoms with E-state index in [0.717, 1.165) is 12.3 Å². The molecule has 1 fully saturated rings. The van der Waals surface area contributed by atoms with Crippen LogP contribution in [0.5, 0.6) is 0 Å². The summed E-state index contributed by atoms with van der Waals surface area (Å²) < 4.78 is 5.17. The van der Waals surface area contributed by atoms with E-state index in [-0.39, 0.29) is 0 Å². The molecule has 2 bridgehead atoms. The third-order valence-electron chi connectivity index (χ3n) is 4.43. The van der Waals surface area contributed by atoms with Crippen molar-refractivity contribution < 1.29 is 4.52 Å².